The largest absolute Gasteiger partial charge is 0.449 e. The molecule has 0 bridgehead atoms. The van der Waals surface area contributed by atoms with Gasteiger partial charge in [-0.15, -0.1) is 5.92 Å². The maximum absolute atomic E-state index is 12.0. The van der Waals surface area contributed by atoms with Crippen LogP contribution in [0.4, 0.5) is 4.79 Å². The number of carbonyl (C=O) groups excluding carboxylic acids is 1. The Kier molecular flexibility index (Phi) is 8.75. The Labute approximate surface area is 165 Å². The van der Waals surface area contributed by atoms with E-state index >= 15 is 0 Å². The summed E-state index contributed by atoms with van der Waals surface area (Å²) in [5, 5.41) is 10.2. The van der Waals surface area contributed by atoms with Crippen LogP contribution >= 0.6 is 7.60 Å². The second-order valence-corrected chi connectivity index (χ2v) is 8.36. The second kappa shape index (κ2) is 11.0. The van der Waals surface area contributed by atoms with Gasteiger partial charge in [-0.2, -0.15) is 0 Å². The van der Waals surface area contributed by atoms with Crippen LogP contribution in [0.25, 0.3) is 0 Å². The molecule has 28 heavy (non-hydrogen) atoms. The summed E-state index contributed by atoms with van der Waals surface area (Å²) in [7, 11) is -3.99. The molecule has 1 heterocycles. The highest BCUT2D eigenvalue weighted by molar-refractivity contribution is 7.51. The molecule has 7 nitrogen and oxygen atoms in total. The molecule has 2 rings (SSSR count). The monoisotopic (exact) mass is 407 g/mol. The molecule has 0 aromatic heterocycles. The van der Waals surface area contributed by atoms with Crippen LogP contribution < -0.4 is 0 Å². The van der Waals surface area contributed by atoms with E-state index in [-0.39, 0.29) is 18.7 Å². The van der Waals surface area contributed by atoms with Gasteiger partial charge in [0.25, 0.3) is 0 Å². The average Bonchev–Trinajstić information content (AvgIpc) is 2.64. The van der Waals surface area contributed by atoms with Crippen molar-refractivity contribution in [2.75, 3.05) is 19.3 Å². The van der Waals surface area contributed by atoms with Crippen LogP contribution in [0.2, 0.25) is 0 Å². The van der Waals surface area contributed by atoms with Gasteiger partial charge in [0, 0.05) is 19.3 Å². The molecule has 1 unspecified atom stereocenters. The van der Waals surface area contributed by atoms with Crippen LogP contribution in [-0.2, 0) is 15.7 Å². The van der Waals surface area contributed by atoms with Gasteiger partial charge in [-0.25, -0.2) is 4.79 Å². The molecule has 3 N–H and O–H groups in total. The van der Waals surface area contributed by atoms with Gasteiger partial charge in [0.05, 0.1) is 31.5 Å². The van der Waals surface area contributed by atoms with Crippen molar-refractivity contribution in [2.45, 2.75) is 37.8 Å². The Bertz CT molecular complexity index is 764. The predicted molar refractivity (Wildman–Crippen MR) is 106 cm³/mol. The number of nitrogens with zero attached hydrogens (tertiary/aromatic N) is 1. The third-order valence-electron chi connectivity index (χ3n) is 4.24. The Morgan fingerprint density at radius 2 is 2.04 bits per heavy atom. The summed E-state index contributed by atoms with van der Waals surface area (Å²) in [4.78, 5) is 31.1. The number of benzene rings is 1. The first-order valence-corrected chi connectivity index (χ1v) is 11.0. The van der Waals surface area contributed by atoms with Crippen molar-refractivity contribution in [1.29, 1.82) is 0 Å². The first-order valence-electron chi connectivity index (χ1n) is 9.19. The topological polar surface area (TPSA) is 107 Å². The van der Waals surface area contributed by atoms with Crippen molar-refractivity contribution < 1.29 is 29.0 Å². The number of unbranched alkanes of at least 4 members (excludes halogenated alkanes) is 1. The molecule has 0 aliphatic carbocycles. The Balaban J connectivity index is 1.87. The highest BCUT2D eigenvalue weighted by Gasteiger charge is 2.27. The lowest BCUT2D eigenvalue weighted by molar-refractivity contribution is 0.0618. The van der Waals surface area contributed by atoms with Gasteiger partial charge in [-0.05, 0) is 12.0 Å². The fourth-order valence-electron chi connectivity index (χ4n) is 2.81. The minimum atomic E-state index is -3.99. The molecule has 1 fully saturated rings. The fourth-order valence-corrected chi connectivity index (χ4v) is 3.38. The molecule has 1 amide bonds. The summed E-state index contributed by atoms with van der Waals surface area (Å²) >= 11 is 0. The lowest BCUT2D eigenvalue weighted by Crippen LogP contribution is -2.44. The van der Waals surface area contributed by atoms with Gasteiger partial charge in [-0.1, -0.05) is 48.4 Å². The number of cyclic esters (lactones) is 1. The fraction of sp³-hybridized carbons (Fsp3) is 0.450. The van der Waals surface area contributed by atoms with Gasteiger partial charge in [0.2, 0.25) is 0 Å². The van der Waals surface area contributed by atoms with E-state index in [2.05, 4.69) is 11.8 Å². The number of hydrogen-bond donors (Lipinski definition) is 3. The van der Waals surface area contributed by atoms with Gasteiger partial charge >= 0.3 is 13.7 Å². The highest BCUT2D eigenvalue weighted by Crippen LogP contribution is 2.35. The number of aliphatic hydroxyl groups is 1. The van der Waals surface area contributed by atoms with E-state index in [4.69, 9.17) is 14.5 Å². The molecule has 0 saturated carbocycles. The quantitative estimate of drug-likeness (QED) is 0.264. The number of rotatable bonds is 8. The molecule has 8 heteroatoms. The summed E-state index contributed by atoms with van der Waals surface area (Å²) in [6, 6.07) is 9.44. The van der Waals surface area contributed by atoms with E-state index in [1.807, 2.05) is 36.4 Å². The van der Waals surface area contributed by atoms with Gasteiger partial charge < -0.3 is 19.6 Å². The molecular weight excluding hydrogens is 381 g/mol. The van der Waals surface area contributed by atoms with Gasteiger partial charge in [0.1, 0.15) is 0 Å². The minimum absolute atomic E-state index is 0.165. The van der Waals surface area contributed by atoms with Gasteiger partial charge in [-0.3, -0.25) is 9.46 Å². The van der Waals surface area contributed by atoms with E-state index in [9.17, 15) is 14.5 Å². The average molecular weight is 407 g/mol. The standard InChI is InChI=1S/C20H26NO6P/c22-19(16-17-8-4-3-5-9-17)11-10-18-12-14-27-20(23)21(18)13-6-1-2-7-15-28(24,25)26/h3-5,8-11,18-19,22H,2,7,12-16H2,(H2,24,25,26)/b11-10+/t18-,19?/m0/s1. The van der Waals surface area contributed by atoms with Gasteiger partial charge in [0.15, 0.2) is 0 Å². The Hall–Kier alpha value is -2.10. The van der Waals surface area contributed by atoms with Crippen molar-refractivity contribution in [1.82, 2.24) is 4.90 Å². The zero-order chi connectivity index (χ0) is 20.4. The molecule has 1 aromatic rings. The maximum atomic E-state index is 12.0. The van der Waals surface area contributed by atoms with E-state index in [0.717, 1.165) is 5.56 Å². The predicted octanol–water partition coefficient (Wildman–Crippen LogP) is 2.32. The van der Waals surface area contributed by atoms with Crippen LogP contribution in [-0.4, -0.2) is 57.3 Å². The lowest BCUT2D eigenvalue weighted by atomic mass is 10.1. The number of amides is 1. The zero-order valence-electron chi connectivity index (χ0n) is 15.6. The molecular formula is C20H26NO6P. The van der Waals surface area contributed by atoms with E-state index < -0.39 is 19.8 Å². The summed E-state index contributed by atoms with van der Waals surface area (Å²) in [6.45, 7) is 0.480. The molecule has 1 aliphatic rings. The van der Waals surface area contributed by atoms with Crippen LogP contribution in [0, 0.1) is 11.8 Å². The zero-order valence-corrected chi connectivity index (χ0v) is 16.5. The molecule has 152 valence electrons. The van der Waals surface area contributed by atoms with Crippen LogP contribution in [0.3, 0.4) is 0 Å². The third kappa shape index (κ3) is 8.28. The number of hydrogen-bond acceptors (Lipinski definition) is 4. The smallest absolute Gasteiger partial charge is 0.411 e. The summed E-state index contributed by atoms with van der Waals surface area (Å²) in [5.74, 6) is 5.68. The number of carbonyl (C=O) groups is 1. The molecule has 0 radical (unpaired) electrons. The van der Waals surface area contributed by atoms with Crippen LogP contribution in [0.5, 0.6) is 0 Å². The van der Waals surface area contributed by atoms with Crippen molar-refractivity contribution >= 4 is 13.7 Å². The van der Waals surface area contributed by atoms with Crippen molar-refractivity contribution in [3.8, 4) is 11.8 Å². The van der Waals surface area contributed by atoms with Crippen LogP contribution in [0.1, 0.15) is 24.8 Å². The highest BCUT2D eigenvalue weighted by atomic mass is 31.2. The van der Waals surface area contributed by atoms with Crippen LogP contribution in [0.15, 0.2) is 42.5 Å². The minimum Gasteiger partial charge on any atom is -0.449 e. The third-order valence-corrected chi connectivity index (χ3v) is 5.14. The first kappa shape index (κ1) is 22.2. The molecule has 1 aliphatic heterocycles. The summed E-state index contributed by atoms with van der Waals surface area (Å²) in [6.07, 6.45) is 3.96. The molecule has 1 saturated heterocycles. The Morgan fingerprint density at radius 3 is 2.75 bits per heavy atom. The maximum Gasteiger partial charge on any atom is 0.411 e. The molecule has 1 aromatic carbocycles. The number of ether oxygens (including phenoxy) is 1. The van der Waals surface area contributed by atoms with E-state index in [1.54, 1.807) is 6.08 Å². The number of aliphatic hydroxyl groups excluding tert-OH is 1. The second-order valence-electron chi connectivity index (χ2n) is 6.59. The molecule has 0 spiro atoms. The van der Waals surface area contributed by atoms with Crippen molar-refractivity contribution in [3.63, 3.8) is 0 Å². The molecule has 2 atom stereocenters. The SMILES string of the molecule is O=C1OCC[C@H](/C=C/C(O)Cc2ccccc2)N1CC#CCCCP(=O)(O)O. The Morgan fingerprint density at radius 1 is 1.29 bits per heavy atom. The normalized spacial score (nSPS) is 18.5. The first-order chi connectivity index (χ1) is 13.3. The summed E-state index contributed by atoms with van der Waals surface area (Å²) < 4.78 is 15.9. The lowest BCUT2D eigenvalue weighted by Gasteiger charge is -2.31. The van der Waals surface area contributed by atoms with E-state index in [1.165, 1.54) is 4.90 Å². The summed E-state index contributed by atoms with van der Waals surface area (Å²) in [5.41, 5.74) is 1.03. The van der Waals surface area contributed by atoms with Crippen molar-refractivity contribution in [3.05, 3.63) is 48.0 Å². The van der Waals surface area contributed by atoms with E-state index in [0.29, 0.717) is 32.3 Å². The van der Waals surface area contributed by atoms with Crippen molar-refractivity contribution in [2.24, 2.45) is 0 Å².